The molecule has 2 rings (SSSR count). The van der Waals surface area contributed by atoms with Crippen molar-refractivity contribution in [2.45, 2.75) is 25.8 Å². The lowest BCUT2D eigenvalue weighted by atomic mass is 9.94. The Morgan fingerprint density at radius 3 is 2.59 bits per heavy atom. The van der Waals surface area contributed by atoms with Crippen LogP contribution in [0.4, 0.5) is 8.78 Å². The predicted octanol–water partition coefficient (Wildman–Crippen LogP) is 2.02. The molecule has 1 aromatic carbocycles. The van der Waals surface area contributed by atoms with Crippen LogP contribution in [0.5, 0.6) is 11.5 Å². The summed E-state index contributed by atoms with van der Waals surface area (Å²) in [5.41, 5.74) is 5.33. The predicted molar refractivity (Wildman–Crippen MR) is 59.3 cm³/mol. The number of rotatable bonds is 2. The van der Waals surface area contributed by atoms with Crippen LogP contribution < -0.4 is 15.2 Å². The van der Waals surface area contributed by atoms with Crippen LogP contribution in [-0.2, 0) is 6.42 Å². The summed E-state index contributed by atoms with van der Waals surface area (Å²) in [7, 11) is 0. The molecule has 17 heavy (non-hydrogen) atoms. The van der Waals surface area contributed by atoms with Crippen LogP contribution in [0, 0.1) is 11.6 Å². The molecule has 2 N–H and O–H groups in total. The number of hydrogen-bond donors (Lipinski definition) is 1. The van der Waals surface area contributed by atoms with Crippen molar-refractivity contribution in [1.29, 1.82) is 0 Å². The van der Waals surface area contributed by atoms with Crippen molar-refractivity contribution in [3.8, 4) is 11.5 Å². The average molecular weight is 243 g/mol. The maximum atomic E-state index is 13.8. The van der Waals surface area contributed by atoms with E-state index in [1.807, 2.05) is 0 Å². The van der Waals surface area contributed by atoms with Crippen LogP contribution in [-0.4, -0.2) is 18.8 Å². The van der Waals surface area contributed by atoms with Gasteiger partial charge in [-0.05, 0) is 20.3 Å². The second kappa shape index (κ2) is 4.14. The van der Waals surface area contributed by atoms with Gasteiger partial charge in [-0.1, -0.05) is 0 Å². The molecule has 0 radical (unpaired) electrons. The average Bonchev–Trinajstić information content (AvgIpc) is 2.23. The van der Waals surface area contributed by atoms with Crippen LogP contribution in [0.2, 0.25) is 0 Å². The minimum absolute atomic E-state index is 0.146. The molecule has 1 heterocycles. The zero-order valence-electron chi connectivity index (χ0n) is 9.85. The maximum absolute atomic E-state index is 13.8. The fraction of sp³-hybridized carbons (Fsp3) is 0.500. The number of fused-ring (bicyclic) bond motifs is 1. The number of benzene rings is 1. The number of nitrogens with two attached hydrogens (primary N) is 1. The van der Waals surface area contributed by atoms with Crippen LogP contribution in [0.3, 0.4) is 0 Å². The van der Waals surface area contributed by atoms with Crippen LogP contribution in [0.25, 0.3) is 0 Å². The molecule has 0 unspecified atom stereocenters. The highest BCUT2D eigenvalue weighted by molar-refractivity contribution is 5.49. The van der Waals surface area contributed by atoms with Crippen molar-refractivity contribution in [2.75, 3.05) is 13.2 Å². The first-order valence-electron chi connectivity index (χ1n) is 5.44. The summed E-state index contributed by atoms with van der Waals surface area (Å²) in [6.45, 7) is 4.15. The summed E-state index contributed by atoms with van der Waals surface area (Å²) >= 11 is 0. The van der Waals surface area contributed by atoms with Gasteiger partial charge in [-0.15, -0.1) is 0 Å². The molecule has 0 saturated heterocycles. The molecule has 0 atom stereocenters. The van der Waals surface area contributed by atoms with Gasteiger partial charge < -0.3 is 15.2 Å². The Morgan fingerprint density at radius 2 is 1.94 bits per heavy atom. The van der Waals surface area contributed by atoms with Gasteiger partial charge in [0.1, 0.15) is 13.2 Å². The third-order valence-electron chi connectivity index (χ3n) is 2.45. The second-order valence-electron chi connectivity index (χ2n) is 4.84. The number of halogens is 2. The van der Waals surface area contributed by atoms with Gasteiger partial charge in [0.15, 0.2) is 23.1 Å². The van der Waals surface area contributed by atoms with Crippen molar-refractivity contribution in [3.63, 3.8) is 0 Å². The van der Waals surface area contributed by atoms with Gasteiger partial charge in [-0.2, -0.15) is 0 Å². The summed E-state index contributed by atoms with van der Waals surface area (Å²) in [5, 5.41) is 0. The summed E-state index contributed by atoms with van der Waals surface area (Å²) in [6, 6.07) is 1.01. The summed E-state index contributed by atoms with van der Waals surface area (Å²) in [6.07, 6.45) is 0.183. The Labute approximate surface area is 98.5 Å². The Balaban J connectivity index is 2.51. The maximum Gasteiger partial charge on any atom is 0.167 e. The fourth-order valence-electron chi connectivity index (χ4n) is 1.81. The first kappa shape index (κ1) is 12.1. The van der Waals surface area contributed by atoms with E-state index >= 15 is 0 Å². The Morgan fingerprint density at radius 1 is 1.29 bits per heavy atom. The van der Waals surface area contributed by atoms with Crippen LogP contribution in [0.1, 0.15) is 19.4 Å². The molecule has 1 aliphatic rings. The lowest BCUT2D eigenvalue weighted by Crippen LogP contribution is -2.35. The quantitative estimate of drug-likeness (QED) is 0.864. The zero-order chi connectivity index (χ0) is 12.6. The van der Waals surface area contributed by atoms with E-state index in [0.717, 1.165) is 6.07 Å². The molecule has 0 saturated carbocycles. The van der Waals surface area contributed by atoms with Crippen molar-refractivity contribution in [3.05, 3.63) is 23.3 Å². The molecule has 0 fully saturated rings. The smallest absolute Gasteiger partial charge is 0.167 e. The minimum Gasteiger partial charge on any atom is -0.486 e. The van der Waals surface area contributed by atoms with Gasteiger partial charge in [0.25, 0.3) is 0 Å². The van der Waals surface area contributed by atoms with Gasteiger partial charge in [-0.3, -0.25) is 0 Å². The van der Waals surface area contributed by atoms with Gasteiger partial charge in [0.2, 0.25) is 0 Å². The van der Waals surface area contributed by atoms with E-state index in [0.29, 0.717) is 13.2 Å². The van der Waals surface area contributed by atoms with E-state index in [9.17, 15) is 8.78 Å². The van der Waals surface area contributed by atoms with Crippen molar-refractivity contribution < 1.29 is 18.3 Å². The Kier molecular flexibility index (Phi) is 2.95. The molecule has 3 nitrogen and oxygen atoms in total. The highest BCUT2D eigenvalue weighted by Crippen LogP contribution is 2.38. The van der Waals surface area contributed by atoms with E-state index in [-0.39, 0.29) is 23.5 Å². The van der Waals surface area contributed by atoms with Crippen molar-refractivity contribution in [1.82, 2.24) is 0 Å². The fourth-order valence-corrected chi connectivity index (χ4v) is 1.81. The summed E-state index contributed by atoms with van der Waals surface area (Å²) in [5.74, 6) is -1.33. The van der Waals surface area contributed by atoms with Crippen molar-refractivity contribution in [2.24, 2.45) is 5.73 Å². The van der Waals surface area contributed by atoms with Crippen LogP contribution in [0.15, 0.2) is 6.07 Å². The normalized spacial score (nSPS) is 14.9. The molecule has 0 spiro atoms. The van der Waals surface area contributed by atoms with Gasteiger partial charge in [-0.25, -0.2) is 8.78 Å². The van der Waals surface area contributed by atoms with E-state index in [2.05, 4.69) is 0 Å². The van der Waals surface area contributed by atoms with E-state index in [4.69, 9.17) is 15.2 Å². The third kappa shape index (κ3) is 2.49. The highest BCUT2D eigenvalue weighted by Gasteiger charge is 2.26. The largest absolute Gasteiger partial charge is 0.486 e. The molecule has 1 aromatic rings. The molecule has 0 aromatic heterocycles. The van der Waals surface area contributed by atoms with E-state index < -0.39 is 17.2 Å². The first-order valence-corrected chi connectivity index (χ1v) is 5.44. The highest BCUT2D eigenvalue weighted by atomic mass is 19.2. The number of hydrogen-bond acceptors (Lipinski definition) is 3. The first-order chi connectivity index (χ1) is 7.88. The summed E-state index contributed by atoms with van der Waals surface area (Å²) in [4.78, 5) is 0. The lowest BCUT2D eigenvalue weighted by Gasteiger charge is -2.25. The second-order valence-corrected chi connectivity index (χ2v) is 4.84. The lowest BCUT2D eigenvalue weighted by molar-refractivity contribution is 0.166. The summed E-state index contributed by atoms with van der Waals surface area (Å²) < 4.78 is 37.7. The molecule has 5 heteroatoms. The topological polar surface area (TPSA) is 44.5 Å². The SMILES string of the molecule is CC(C)(N)Cc1c(F)c(F)cc2c1OCCO2. The van der Waals surface area contributed by atoms with Gasteiger partial charge in [0, 0.05) is 17.2 Å². The van der Waals surface area contributed by atoms with Crippen molar-refractivity contribution >= 4 is 0 Å². The Bertz CT molecular complexity index is 441. The zero-order valence-corrected chi connectivity index (χ0v) is 9.85. The third-order valence-corrected chi connectivity index (χ3v) is 2.45. The van der Waals surface area contributed by atoms with Crippen LogP contribution >= 0.6 is 0 Å². The minimum atomic E-state index is -0.937. The monoisotopic (exact) mass is 243 g/mol. The molecule has 0 aliphatic carbocycles. The molecular formula is C12H15F2NO2. The standard InChI is InChI=1S/C12H15F2NO2/c1-12(2,15)6-7-10(14)8(13)5-9-11(7)17-4-3-16-9/h5H,3-4,6,15H2,1-2H3. The van der Waals surface area contributed by atoms with Gasteiger partial charge >= 0.3 is 0 Å². The van der Waals surface area contributed by atoms with Gasteiger partial charge in [0.05, 0.1) is 0 Å². The Hall–Kier alpha value is -1.36. The molecule has 0 amide bonds. The van der Waals surface area contributed by atoms with E-state index in [1.165, 1.54) is 0 Å². The molecule has 1 aliphatic heterocycles. The van der Waals surface area contributed by atoms with E-state index in [1.54, 1.807) is 13.8 Å². The molecular weight excluding hydrogens is 228 g/mol. The number of ether oxygens (including phenoxy) is 2. The molecule has 0 bridgehead atoms. The molecule has 94 valence electrons.